The summed E-state index contributed by atoms with van der Waals surface area (Å²) in [6.07, 6.45) is 3.09. The Hall–Kier alpha value is -4.57. The molecule has 1 aliphatic heterocycles. The number of anilines is 1. The van der Waals surface area contributed by atoms with Gasteiger partial charge in [-0.1, -0.05) is 6.07 Å². The summed E-state index contributed by atoms with van der Waals surface area (Å²) in [5.74, 6) is -3.62. The normalized spacial score (nSPS) is 15.0. The third kappa shape index (κ3) is 4.14. The van der Waals surface area contributed by atoms with Gasteiger partial charge in [0.25, 0.3) is 11.8 Å². The number of carboxylic acid groups (broad SMARTS) is 2. The number of nitrogens with zero attached hydrogens (tertiary/aromatic N) is 2. The number of carbonyl (C=O) groups excluding carboxylic acids is 2. The summed E-state index contributed by atoms with van der Waals surface area (Å²) in [6, 6.07) is 15.1. The maximum Gasteiger partial charge on any atom is 0.335 e. The van der Waals surface area contributed by atoms with Gasteiger partial charge in [0, 0.05) is 17.6 Å². The molecule has 2 aromatic carbocycles. The minimum atomic E-state index is -1.17. The lowest BCUT2D eigenvalue weighted by Gasteiger charge is -2.29. The lowest BCUT2D eigenvalue weighted by molar-refractivity contribution is -0.122. The fourth-order valence-electron chi connectivity index (χ4n) is 3.33. The van der Waals surface area contributed by atoms with E-state index in [1.807, 2.05) is 0 Å². The molecule has 9 nitrogen and oxygen atoms in total. The first-order valence-electron chi connectivity index (χ1n) is 9.52. The van der Waals surface area contributed by atoms with E-state index in [0.29, 0.717) is 11.4 Å². The van der Waals surface area contributed by atoms with Gasteiger partial charge in [-0.2, -0.15) is 0 Å². The van der Waals surface area contributed by atoms with Crippen LogP contribution in [0.15, 0.2) is 72.4 Å². The van der Waals surface area contributed by atoms with Crippen molar-refractivity contribution in [3.8, 4) is 5.69 Å². The number of benzene rings is 2. The van der Waals surface area contributed by atoms with Crippen LogP contribution < -0.4 is 10.2 Å². The van der Waals surface area contributed by atoms with E-state index in [-0.39, 0.29) is 27.5 Å². The van der Waals surface area contributed by atoms with Crippen molar-refractivity contribution < 1.29 is 29.4 Å². The second kappa shape index (κ2) is 8.52. The van der Waals surface area contributed by atoms with Crippen LogP contribution in [0.5, 0.6) is 0 Å². The van der Waals surface area contributed by atoms with Crippen LogP contribution >= 0.6 is 12.2 Å². The lowest BCUT2D eigenvalue weighted by Crippen LogP contribution is -2.54. The minimum Gasteiger partial charge on any atom is -0.478 e. The van der Waals surface area contributed by atoms with Gasteiger partial charge in [-0.3, -0.25) is 19.8 Å². The van der Waals surface area contributed by atoms with Crippen molar-refractivity contribution >= 4 is 52.8 Å². The number of carboxylic acids is 2. The fourth-order valence-corrected chi connectivity index (χ4v) is 3.61. The Morgan fingerprint density at radius 1 is 0.879 bits per heavy atom. The first kappa shape index (κ1) is 21.7. The van der Waals surface area contributed by atoms with E-state index in [2.05, 4.69) is 5.32 Å². The van der Waals surface area contributed by atoms with E-state index >= 15 is 0 Å². The number of amides is 2. The van der Waals surface area contributed by atoms with Crippen LogP contribution in [0.1, 0.15) is 26.4 Å². The van der Waals surface area contributed by atoms with Crippen LogP contribution in [0.25, 0.3) is 11.8 Å². The van der Waals surface area contributed by atoms with Gasteiger partial charge in [0.2, 0.25) is 0 Å². The fraction of sp³-hybridized carbons (Fsp3) is 0. The van der Waals surface area contributed by atoms with Gasteiger partial charge in [0.1, 0.15) is 5.57 Å². The van der Waals surface area contributed by atoms with Gasteiger partial charge in [0.15, 0.2) is 5.11 Å². The molecule has 164 valence electrons. The van der Waals surface area contributed by atoms with E-state index in [4.69, 9.17) is 17.3 Å². The summed E-state index contributed by atoms with van der Waals surface area (Å²) in [5, 5.41) is 20.6. The minimum absolute atomic E-state index is 0.0378. The zero-order valence-electron chi connectivity index (χ0n) is 16.8. The van der Waals surface area contributed by atoms with E-state index in [1.165, 1.54) is 42.5 Å². The Bertz CT molecular complexity index is 1360. The lowest BCUT2D eigenvalue weighted by atomic mass is 10.1. The molecule has 0 unspecified atom stereocenters. The highest BCUT2D eigenvalue weighted by molar-refractivity contribution is 7.80. The zero-order chi connectivity index (χ0) is 23.7. The predicted molar refractivity (Wildman–Crippen MR) is 122 cm³/mol. The van der Waals surface area contributed by atoms with Gasteiger partial charge in [-0.05, 0) is 72.9 Å². The maximum absolute atomic E-state index is 13.2. The zero-order valence-corrected chi connectivity index (χ0v) is 17.6. The average Bonchev–Trinajstić information content (AvgIpc) is 3.25. The van der Waals surface area contributed by atoms with Gasteiger partial charge >= 0.3 is 11.9 Å². The quantitative estimate of drug-likeness (QED) is 0.303. The highest BCUT2D eigenvalue weighted by Gasteiger charge is 2.35. The Kier molecular flexibility index (Phi) is 5.59. The first-order chi connectivity index (χ1) is 15.8. The molecule has 0 bridgehead atoms. The molecule has 0 saturated carbocycles. The predicted octanol–water partition coefficient (Wildman–Crippen LogP) is 2.71. The van der Waals surface area contributed by atoms with E-state index in [9.17, 15) is 24.3 Å². The molecule has 3 aromatic rings. The van der Waals surface area contributed by atoms with Crippen LogP contribution in [0.3, 0.4) is 0 Å². The number of carbonyl (C=O) groups is 4. The van der Waals surface area contributed by atoms with Crippen LogP contribution in [0, 0.1) is 0 Å². The highest BCUT2D eigenvalue weighted by atomic mass is 32.1. The average molecular weight is 461 g/mol. The number of thiocarbonyl (C=S) groups is 1. The van der Waals surface area contributed by atoms with Gasteiger partial charge in [-0.15, -0.1) is 0 Å². The van der Waals surface area contributed by atoms with Crippen LogP contribution in [0.2, 0.25) is 0 Å². The molecule has 1 aliphatic rings. The van der Waals surface area contributed by atoms with Gasteiger partial charge in [0.05, 0.1) is 16.8 Å². The molecule has 3 N–H and O–H groups in total. The van der Waals surface area contributed by atoms with E-state index in [1.54, 1.807) is 35.0 Å². The summed E-state index contributed by atoms with van der Waals surface area (Å²) in [6.45, 7) is 0. The molecule has 0 aliphatic carbocycles. The standard InChI is InChI=1S/C23H15N3O6S/c27-19-18(12-16-5-2-10-25(16)15-8-6-13(7-9-15)21(29)30)20(28)26(23(33)24-19)17-4-1-3-14(11-17)22(31)32/h1-12H,(H,29,30)(H,31,32)(H,24,27,33). The summed E-state index contributed by atoms with van der Waals surface area (Å²) in [7, 11) is 0. The van der Waals surface area contributed by atoms with Gasteiger partial charge < -0.3 is 14.8 Å². The molecule has 33 heavy (non-hydrogen) atoms. The molecular weight excluding hydrogens is 446 g/mol. The Morgan fingerprint density at radius 3 is 2.24 bits per heavy atom. The topological polar surface area (TPSA) is 129 Å². The third-order valence-electron chi connectivity index (χ3n) is 4.92. The molecule has 1 fully saturated rings. The Labute approximate surface area is 192 Å². The monoisotopic (exact) mass is 461 g/mol. The van der Waals surface area contributed by atoms with Crippen molar-refractivity contribution in [2.24, 2.45) is 0 Å². The number of hydrogen-bond donors (Lipinski definition) is 3. The molecule has 1 aromatic heterocycles. The van der Waals surface area contributed by atoms with E-state index < -0.39 is 23.8 Å². The van der Waals surface area contributed by atoms with Crippen molar-refractivity contribution in [1.82, 2.24) is 9.88 Å². The van der Waals surface area contributed by atoms with Gasteiger partial charge in [-0.25, -0.2) is 9.59 Å². The SMILES string of the molecule is O=C1NC(=S)N(c2cccc(C(=O)O)c2)C(=O)C1=Cc1cccn1-c1ccc(C(=O)O)cc1. The smallest absolute Gasteiger partial charge is 0.335 e. The molecule has 10 heteroatoms. The van der Waals surface area contributed by atoms with Crippen molar-refractivity contribution in [3.63, 3.8) is 0 Å². The Morgan fingerprint density at radius 2 is 1.58 bits per heavy atom. The van der Waals surface area contributed by atoms with Crippen LogP contribution in [0.4, 0.5) is 5.69 Å². The van der Waals surface area contributed by atoms with Crippen molar-refractivity contribution in [2.75, 3.05) is 4.90 Å². The number of hydrogen-bond acceptors (Lipinski definition) is 5. The van der Waals surface area contributed by atoms with Crippen molar-refractivity contribution in [3.05, 3.63) is 89.3 Å². The summed E-state index contributed by atoms with van der Waals surface area (Å²) < 4.78 is 1.68. The second-order valence-electron chi connectivity index (χ2n) is 6.97. The maximum atomic E-state index is 13.2. The largest absolute Gasteiger partial charge is 0.478 e. The van der Waals surface area contributed by atoms with Crippen LogP contribution in [-0.2, 0) is 9.59 Å². The molecule has 1 saturated heterocycles. The third-order valence-corrected chi connectivity index (χ3v) is 5.20. The Balaban J connectivity index is 1.72. The molecule has 4 rings (SSSR count). The molecule has 0 atom stereocenters. The molecular formula is C23H15N3O6S. The molecule has 2 heterocycles. The number of nitrogens with one attached hydrogen (secondary N) is 1. The van der Waals surface area contributed by atoms with Crippen molar-refractivity contribution in [1.29, 1.82) is 0 Å². The highest BCUT2D eigenvalue weighted by Crippen LogP contribution is 2.24. The number of aromatic carboxylic acids is 2. The molecule has 2 amide bonds. The summed E-state index contributed by atoms with van der Waals surface area (Å²) in [5.41, 5.74) is 1.21. The molecule has 0 spiro atoms. The second-order valence-corrected chi connectivity index (χ2v) is 7.36. The number of aromatic nitrogens is 1. The molecule has 0 radical (unpaired) electrons. The van der Waals surface area contributed by atoms with E-state index in [0.717, 1.165) is 4.90 Å². The summed E-state index contributed by atoms with van der Waals surface area (Å²) in [4.78, 5) is 49.2. The summed E-state index contributed by atoms with van der Waals surface area (Å²) >= 11 is 5.15. The van der Waals surface area contributed by atoms with Crippen molar-refractivity contribution in [2.45, 2.75) is 0 Å². The first-order valence-corrected chi connectivity index (χ1v) is 9.93. The number of rotatable bonds is 5. The van der Waals surface area contributed by atoms with Crippen LogP contribution in [-0.4, -0.2) is 43.6 Å².